The number of pyridine rings is 1. The molecule has 1 aromatic rings. The first-order valence-electron chi connectivity index (χ1n) is 7.49. The van der Waals surface area contributed by atoms with E-state index >= 15 is 0 Å². The predicted octanol–water partition coefficient (Wildman–Crippen LogP) is 4.07. The zero-order chi connectivity index (χ0) is 14.1. The summed E-state index contributed by atoms with van der Waals surface area (Å²) in [5.74, 6) is 0.843. The van der Waals surface area contributed by atoms with E-state index in [1.165, 1.54) is 44.7 Å². The molecule has 0 unspecified atom stereocenters. The summed E-state index contributed by atoms with van der Waals surface area (Å²) < 4.78 is 6.63. The summed E-state index contributed by atoms with van der Waals surface area (Å²) >= 11 is 0. The normalized spacial score (nSPS) is 10.7. The molecule has 0 aliphatic carbocycles. The molecular weight excluding hydrogens is 238 g/mol. The fraction of sp³-hybridized carbons (Fsp3) is 0.688. The molecule has 0 atom stereocenters. The van der Waals surface area contributed by atoms with Gasteiger partial charge in [0, 0.05) is 13.0 Å². The number of unbranched alkanes of at least 4 members (excludes halogenated alkanes) is 6. The second kappa shape index (κ2) is 8.78. The van der Waals surface area contributed by atoms with Crippen molar-refractivity contribution < 1.29 is 9.47 Å². The number of nitrogens with zero attached hydrogens (tertiary/aromatic N) is 1. The maximum atomic E-state index is 11.4. The number of aromatic nitrogens is 1. The number of hydrogen-bond donors (Lipinski definition) is 0. The van der Waals surface area contributed by atoms with Crippen molar-refractivity contribution in [2.45, 2.75) is 65.7 Å². The largest absolute Gasteiger partial charge is 0.618 e. The zero-order valence-electron chi connectivity index (χ0n) is 12.6. The van der Waals surface area contributed by atoms with Crippen LogP contribution >= 0.6 is 0 Å². The SMILES string of the molecule is CCCCCCCCCOc1cc[n+]([O-])c(C)c1C. The van der Waals surface area contributed by atoms with Crippen LogP contribution < -0.4 is 9.47 Å². The highest BCUT2D eigenvalue weighted by Gasteiger charge is 2.09. The molecule has 0 radical (unpaired) electrons. The van der Waals surface area contributed by atoms with Crippen LogP contribution in [-0.2, 0) is 0 Å². The van der Waals surface area contributed by atoms with Gasteiger partial charge in [-0.15, -0.1) is 0 Å². The molecule has 0 spiro atoms. The number of hydrogen-bond acceptors (Lipinski definition) is 2. The summed E-state index contributed by atoms with van der Waals surface area (Å²) in [6, 6.07) is 1.76. The molecule has 0 amide bonds. The molecule has 0 saturated carbocycles. The van der Waals surface area contributed by atoms with Gasteiger partial charge in [0.1, 0.15) is 5.75 Å². The Morgan fingerprint density at radius 1 is 1.05 bits per heavy atom. The lowest BCUT2D eigenvalue weighted by Gasteiger charge is -2.10. The van der Waals surface area contributed by atoms with E-state index in [4.69, 9.17) is 4.74 Å². The van der Waals surface area contributed by atoms with Crippen LogP contribution in [0.2, 0.25) is 0 Å². The highest BCUT2D eigenvalue weighted by molar-refractivity contribution is 5.31. The van der Waals surface area contributed by atoms with Gasteiger partial charge in [0.25, 0.3) is 0 Å². The number of ether oxygens (including phenoxy) is 1. The summed E-state index contributed by atoms with van der Waals surface area (Å²) in [5, 5.41) is 11.4. The van der Waals surface area contributed by atoms with E-state index in [0.717, 1.165) is 34.8 Å². The summed E-state index contributed by atoms with van der Waals surface area (Å²) in [4.78, 5) is 0. The van der Waals surface area contributed by atoms with Crippen molar-refractivity contribution in [2.24, 2.45) is 0 Å². The van der Waals surface area contributed by atoms with Crippen molar-refractivity contribution in [3.05, 3.63) is 28.7 Å². The Balaban J connectivity index is 2.18. The first kappa shape index (κ1) is 15.8. The summed E-state index contributed by atoms with van der Waals surface area (Å²) in [5.41, 5.74) is 1.66. The van der Waals surface area contributed by atoms with Crippen LogP contribution in [0.3, 0.4) is 0 Å². The molecule has 0 bridgehead atoms. The van der Waals surface area contributed by atoms with Crippen molar-refractivity contribution in [1.82, 2.24) is 0 Å². The smallest absolute Gasteiger partial charge is 0.196 e. The van der Waals surface area contributed by atoms with Crippen LogP contribution in [0.15, 0.2) is 12.3 Å². The Kier molecular flexibility index (Phi) is 7.31. The maximum absolute atomic E-state index is 11.4. The van der Waals surface area contributed by atoms with Crippen molar-refractivity contribution in [1.29, 1.82) is 0 Å². The molecule has 3 nitrogen and oxygen atoms in total. The lowest BCUT2D eigenvalue weighted by atomic mass is 10.1. The van der Waals surface area contributed by atoms with Gasteiger partial charge in [-0.05, 0) is 13.3 Å². The predicted molar refractivity (Wildman–Crippen MR) is 78.4 cm³/mol. The minimum Gasteiger partial charge on any atom is -0.618 e. The van der Waals surface area contributed by atoms with Gasteiger partial charge < -0.3 is 9.94 Å². The minimum atomic E-state index is 0.720. The van der Waals surface area contributed by atoms with Gasteiger partial charge >= 0.3 is 0 Å². The molecule has 0 aliphatic heterocycles. The quantitative estimate of drug-likeness (QED) is 0.383. The second-order valence-electron chi connectivity index (χ2n) is 5.19. The van der Waals surface area contributed by atoms with Gasteiger partial charge in [0.05, 0.1) is 12.2 Å². The van der Waals surface area contributed by atoms with Crippen molar-refractivity contribution in [2.75, 3.05) is 6.61 Å². The first-order valence-corrected chi connectivity index (χ1v) is 7.49. The molecule has 0 N–H and O–H groups in total. The molecule has 1 heterocycles. The van der Waals surface area contributed by atoms with Crippen LogP contribution in [-0.4, -0.2) is 6.61 Å². The van der Waals surface area contributed by atoms with E-state index in [1.54, 1.807) is 6.07 Å². The maximum Gasteiger partial charge on any atom is 0.196 e. The van der Waals surface area contributed by atoms with E-state index in [0.29, 0.717) is 0 Å². The van der Waals surface area contributed by atoms with Crippen molar-refractivity contribution >= 4 is 0 Å². The average molecular weight is 265 g/mol. The number of rotatable bonds is 9. The monoisotopic (exact) mass is 265 g/mol. The average Bonchev–Trinajstić information content (AvgIpc) is 2.41. The fourth-order valence-corrected chi connectivity index (χ4v) is 2.11. The molecule has 1 aromatic heterocycles. The molecule has 0 aliphatic rings. The van der Waals surface area contributed by atoms with Gasteiger partial charge in [-0.1, -0.05) is 45.4 Å². The topological polar surface area (TPSA) is 36.2 Å². The molecule has 19 heavy (non-hydrogen) atoms. The van der Waals surface area contributed by atoms with E-state index in [2.05, 4.69) is 6.92 Å². The fourth-order valence-electron chi connectivity index (χ4n) is 2.11. The lowest BCUT2D eigenvalue weighted by molar-refractivity contribution is -0.612. The molecule has 108 valence electrons. The Labute approximate surface area is 117 Å². The Morgan fingerprint density at radius 2 is 1.68 bits per heavy atom. The molecule has 0 aromatic carbocycles. The van der Waals surface area contributed by atoms with Gasteiger partial charge in [0.15, 0.2) is 11.9 Å². The Bertz CT molecular complexity index is 377. The third kappa shape index (κ3) is 5.50. The van der Waals surface area contributed by atoms with Crippen molar-refractivity contribution in [3.8, 4) is 5.75 Å². The molecule has 0 saturated heterocycles. The minimum absolute atomic E-state index is 0.720. The van der Waals surface area contributed by atoms with E-state index < -0.39 is 0 Å². The van der Waals surface area contributed by atoms with E-state index in [9.17, 15) is 5.21 Å². The van der Waals surface area contributed by atoms with E-state index in [-0.39, 0.29) is 0 Å². The first-order chi connectivity index (χ1) is 9.16. The summed E-state index contributed by atoms with van der Waals surface area (Å²) in [7, 11) is 0. The lowest BCUT2D eigenvalue weighted by Crippen LogP contribution is -2.30. The highest BCUT2D eigenvalue weighted by Crippen LogP contribution is 2.18. The Morgan fingerprint density at radius 3 is 2.37 bits per heavy atom. The Hall–Kier alpha value is -1.25. The van der Waals surface area contributed by atoms with Crippen LogP contribution in [0.25, 0.3) is 0 Å². The zero-order valence-corrected chi connectivity index (χ0v) is 12.6. The molecular formula is C16H27NO2. The van der Waals surface area contributed by atoms with Gasteiger partial charge in [-0.3, -0.25) is 0 Å². The van der Waals surface area contributed by atoms with Gasteiger partial charge in [-0.25, -0.2) is 0 Å². The highest BCUT2D eigenvalue weighted by atomic mass is 16.5. The van der Waals surface area contributed by atoms with E-state index in [1.807, 2.05) is 13.8 Å². The van der Waals surface area contributed by atoms with Crippen LogP contribution in [0.4, 0.5) is 0 Å². The third-order valence-electron chi connectivity index (χ3n) is 3.61. The van der Waals surface area contributed by atoms with Crippen LogP contribution in [0, 0.1) is 19.1 Å². The van der Waals surface area contributed by atoms with Gasteiger partial charge in [0.2, 0.25) is 0 Å². The van der Waals surface area contributed by atoms with Crippen LogP contribution in [0.1, 0.15) is 63.1 Å². The molecule has 3 heteroatoms. The third-order valence-corrected chi connectivity index (χ3v) is 3.61. The molecule has 1 rings (SSSR count). The standard InChI is InChI=1S/C16H27NO2/c1-4-5-6-7-8-9-10-13-19-16-11-12-17(18)15(3)14(16)2/h11-12H,4-10,13H2,1-3H3. The molecule has 0 fully saturated rings. The van der Waals surface area contributed by atoms with Crippen LogP contribution in [0.5, 0.6) is 5.75 Å². The second-order valence-corrected chi connectivity index (χ2v) is 5.19. The summed E-state index contributed by atoms with van der Waals surface area (Å²) in [6.45, 7) is 6.74. The van der Waals surface area contributed by atoms with Gasteiger partial charge in [-0.2, -0.15) is 4.73 Å². The van der Waals surface area contributed by atoms with Crippen molar-refractivity contribution in [3.63, 3.8) is 0 Å². The summed E-state index contributed by atoms with van der Waals surface area (Å²) in [6.07, 6.45) is 10.5.